The molecule has 0 unspecified atom stereocenters. The Hall–Kier alpha value is -6.52. The number of nitrogens with zero attached hydrogens (tertiary/aromatic N) is 3. The maximum absolute atomic E-state index is 7.26. The lowest BCUT2D eigenvalue weighted by molar-refractivity contribution is 0.303. The molecule has 7 heterocycles. The standard InChI is InChI=1S/C48H33N3O3.Al/c52-40-25-22-28-10-1-4-13-31(28)43(40)46-34-16-7-18-36(49-34)47(44-32-14-5-2-11-29(32)23-26-41(44)53)38-20-9-21-39(51-38)48(37-19-8-17-35(46)50-37)45-33-15-6-3-12-30(33)24-27-42(45)54;/h1-27,46-48,52-54H;/q;+3/p-3. The van der Waals surface area contributed by atoms with E-state index in [0.29, 0.717) is 17.2 Å². The Kier molecular flexibility index (Phi) is 6.74. The van der Waals surface area contributed by atoms with E-state index in [9.17, 15) is 0 Å². The number of hydrogen-bond acceptors (Lipinski definition) is 6. The SMILES string of the molecule is c1cc2nc(c1)C1c3cccc(n3)C3c4cccc(n4)C2c2c(ccc4ccccc24)[O][Al]([O]c2ccc4ccccc4c21)[O]c1ccc2ccccc2c13. The summed E-state index contributed by atoms with van der Waals surface area (Å²) in [5, 5.41) is 6.51. The van der Waals surface area contributed by atoms with Gasteiger partial charge in [0.1, 0.15) is 0 Å². The van der Waals surface area contributed by atoms with Crippen molar-refractivity contribution in [3.63, 3.8) is 0 Å². The van der Waals surface area contributed by atoms with Gasteiger partial charge in [-0.3, -0.25) is 15.0 Å². The minimum Gasteiger partial charge on any atom is -0.577 e. The van der Waals surface area contributed by atoms with Crippen LogP contribution < -0.4 is 11.4 Å². The molecule has 0 spiro atoms. The van der Waals surface area contributed by atoms with E-state index in [0.717, 1.165) is 83.2 Å². The number of benzene rings is 6. The molecule has 4 aliphatic heterocycles. The van der Waals surface area contributed by atoms with Crippen LogP contribution in [-0.2, 0) is 0 Å². The quantitative estimate of drug-likeness (QED) is 0.145. The zero-order chi connectivity index (χ0) is 36.0. The van der Waals surface area contributed by atoms with Crippen LogP contribution in [-0.4, -0.2) is 30.1 Å². The van der Waals surface area contributed by atoms with E-state index in [-0.39, 0.29) is 17.8 Å². The van der Waals surface area contributed by atoms with Gasteiger partial charge in [0.2, 0.25) is 0 Å². The van der Waals surface area contributed by atoms with Crippen molar-refractivity contribution in [2.24, 2.45) is 0 Å². The van der Waals surface area contributed by atoms with Gasteiger partial charge in [-0.25, -0.2) is 0 Å². The summed E-state index contributed by atoms with van der Waals surface area (Å²) < 4.78 is 21.8. The summed E-state index contributed by atoms with van der Waals surface area (Å²) in [6.45, 7) is 0. The molecule has 0 aliphatic carbocycles. The summed E-state index contributed by atoms with van der Waals surface area (Å²) in [5.41, 5.74) is 8.24. The molecule has 0 saturated carbocycles. The minimum absolute atomic E-state index is 0.375. The summed E-state index contributed by atoms with van der Waals surface area (Å²) in [4.78, 5) is 16.9. The molecule has 7 heteroatoms. The summed E-state index contributed by atoms with van der Waals surface area (Å²) in [6, 6.07) is 57.1. The van der Waals surface area contributed by atoms with E-state index < -0.39 is 15.1 Å². The lowest BCUT2D eigenvalue weighted by Crippen LogP contribution is -2.38. The largest absolute Gasteiger partial charge is 1.20 e. The second kappa shape index (κ2) is 12.0. The van der Waals surface area contributed by atoms with Crippen LogP contribution in [0.4, 0.5) is 0 Å². The maximum Gasteiger partial charge on any atom is 1.20 e. The van der Waals surface area contributed by atoms with Gasteiger partial charge in [0.05, 0.1) is 69.2 Å². The molecule has 10 bridgehead atoms. The van der Waals surface area contributed by atoms with Crippen LogP contribution in [0.5, 0.6) is 17.2 Å². The molecule has 9 aromatic rings. The lowest BCUT2D eigenvalue weighted by Gasteiger charge is -2.32. The highest BCUT2D eigenvalue weighted by atomic mass is 27.3. The second-order valence-electron chi connectivity index (χ2n) is 14.5. The predicted molar refractivity (Wildman–Crippen MR) is 215 cm³/mol. The van der Waals surface area contributed by atoms with Crippen molar-refractivity contribution in [2.75, 3.05) is 0 Å². The van der Waals surface area contributed by atoms with Crippen molar-refractivity contribution >= 4 is 47.5 Å². The molecule has 3 aromatic heterocycles. The third-order valence-corrected chi connectivity index (χ3v) is 12.8. The molecule has 6 aromatic carbocycles. The Morgan fingerprint density at radius 2 is 0.600 bits per heavy atom. The fraction of sp³-hybridized carbons (Fsp3) is 0.0625. The van der Waals surface area contributed by atoms with Gasteiger partial charge < -0.3 is 11.4 Å². The zero-order valence-electron chi connectivity index (χ0n) is 29.5. The monoisotopic (exact) mass is 723 g/mol. The van der Waals surface area contributed by atoms with Crippen molar-refractivity contribution in [3.05, 3.63) is 215 Å². The van der Waals surface area contributed by atoms with E-state index in [2.05, 4.69) is 164 Å². The summed E-state index contributed by atoms with van der Waals surface area (Å²) in [5.74, 6) is 0.953. The Morgan fingerprint density at radius 3 is 0.909 bits per heavy atom. The van der Waals surface area contributed by atoms with Crippen molar-refractivity contribution < 1.29 is 11.4 Å². The van der Waals surface area contributed by atoms with Gasteiger partial charge in [0, 0.05) is 16.7 Å². The first kappa shape index (κ1) is 30.9. The van der Waals surface area contributed by atoms with Crippen LogP contribution in [0.15, 0.2) is 164 Å². The van der Waals surface area contributed by atoms with Gasteiger partial charge in [0.25, 0.3) is 0 Å². The Labute approximate surface area is 322 Å². The molecular weight excluding hydrogens is 694 g/mol. The highest BCUT2D eigenvalue weighted by Crippen LogP contribution is 2.48. The van der Waals surface area contributed by atoms with Crippen LogP contribution in [0.3, 0.4) is 0 Å². The van der Waals surface area contributed by atoms with Gasteiger partial charge in [-0.15, -0.1) is 0 Å². The van der Waals surface area contributed by atoms with E-state index in [4.69, 9.17) is 26.3 Å². The number of fused-ring (bicyclic) bond motifs is 3. The van der Waals surface area contributed by atoms with Crippen LogP contribution in [0.1, 0.15) is 68.6 Å². The average molecular weight is 724 g/mol. The number of hydrogen-bond donors (Lipinski definition) is 0. The average Bonchev–Trinajstić information content (AvgIpc) is 3.22. The van der Waals surface area contributed by atoms with E-state index in [1.54, 1.807) is 0 Å². The molecule has 0 N–H and O–H groups in total. The van der Waals surface area contributed by atoms with Crippen molar-refractivity contribution in [1.29, 1.82) is 0 Å². The highest BCUT2D eigenvalue weighted by Gasteiger charge is 2.48. The van der Waals surface area contributed by atoms with Crippen LogP contribution in [0.2, 0.25) is 0 Å². The van der Waals surface area contributed by atoms with Gasteiger partial charge in [-0.1, -0.05) is 109 Å². The van der Waals surface area contributed by atoms with Crippen LogP contribution >= 0.6 is 0 Å². The third-order valence-electron chi connectivity index (χ3n) is 11.5. The number of rotatable bonds is 0. The van der Waals surface area contributed by atoms with Gasteiger partial charge in [-0.05, 0) is 86.9 Å². The fourth-order valence-corrected chi connectivity index (χ4v) is 10.5. The summed E-state index contributed by atoms with van der Waals surface area (Å²) >= 11 is -3.15. The van der Waals surface area contributed by atoms with E-state index >= 15 is 0 Å². The Morgan fingerprint density at radius 1 is 0.309 bits per heavy atom. The Bertz CT molecular complexity index is 2660. The number of pyridine rings is 3. The molecule has 0 fully saturated rings. The van der Waals surface area contributed by atoms with Crippen molar-refractivity contribution in [3.8, 4) is 17.2 Å². The molecule has 13 rings (SSSR count). The molecular formula is C48H30AlN3O3. The molecule has 0 atom stereocenters. The number of aromatic nitrogens is 3. The molecule has 4 aliphatic rings. The van der Waals surface area contributed by atoms with Gasteiger partial charge >= 0.3 is 15.1 Å². The van der Waals surface area contributed by atoms with Crippen LogP contribution in [0, 0.1) is 0 Å². The first-order valence-corrected chi connectivity index (χ1v) is 20.1. The highest BCUT2D eigenvalue weighted by molar-refractivity contribution is 6.40. The fourth-order valence-electron chi connectivity index (χ4n) is 9.12. The van der Waals surface area contributed by atoms with E-state index in [1.807, 2.05) is 0 Å². The predicted octanol–water partition coefficient (Wildman–Crippen LogP) is 10.3. The second-order valence-corrected chi connectivity index (χ2v) is 15.8. The minimum atomic E-state index is -3.15. The summed E-state index contributed by atoms with van der Waals surface area (Å²) in [7, 11) is 0. The Balaban J connectivity index is 1.31. The summed E-state index contributed by atoms with van der Waals surface area (Å²) in [6.07, 6.45) is 0. The normalized spacial score (nSPS) is 17.7. The van der Waals surface area contributed by atoms with Crippen molar-refractivity contribution in [2.45, 2.75) is 17.8 Å². The molecule has 0 saturated heterocycles. The van der Waals surface area contributed by atoms with Gasteiger partial charge in [0.15, 0.2) is 0 Å². The topological polar surface area (TPSA) is 66.4 Å². The first-order valence-electron chi connectivity index (χ1n) is 18.7. The molecule has 55 heavy (non-hydrogen) atoms. The first-order chi connectivity index (χ1) is 27.2. The van der Waals surface area contributed by atoms with Crippen molar-refractivity contribution in [1.82, 2.24) is 15.0 Å². The van der Waals surface area contributed by atoms with E-state index in [1.165, 1.54) is 0 Å². The zero-order valence-corrected chi connectivity index (χ0v) is 30.6. The van der Waals surface area contributed by atoms with Crippen LogP contribution in [0.25, 0.3) is 32.3 Å². The smallest absolute Gasteiger partial charge is 0.577 e. The maximum atomic E-state index is 7.26. The van der Waals surface area contributed by atoms with Gasteiger partial charge in [-0.2, -0.15) is 0 Å². The lowest BCUT2D eigenvalue weighted by atomic mass is 9.82. The molecule has 258 valence electrons. The molecule has 0 amide bonds. The third kappa shape index (κ3) is 4.77. The molecule has 6 nitrogen and oxygen atoms in total. The molecule has 0 radical (unpaired) electrons.